The number of ketones is 1. The Labute approximate surface area is 159 Å². The molecule has 1 aromatic rings. The standard InChI is InChI=1S/C20H27NO6/c1-6-14(21-27-7-2)20-15(22)8-12(9-16(20)23)19-17(25-4)10-13(24-3)11-18(19)26-5/h10-12,22H,6-9H2,1-5H3/b21-14-. The lowest BCUT2D eigenvalue weighted by atomic mass is 9.80. The summed E-state index contributed by atoms with van der Waals surface area (Å²) in [5.74, 6) is 1.26. The van der Waals surface area contributed by atoms with Crippen LogP contribution in [0.15, 0.2) is 28.6 Å². The van der Waals surface area contributed by atoms with Gasteiger partial charge >= 0.3 is 0 Å². The molecule has 0 amide bonds. The molecule has 0 heterocycles. The van der Waals surface area contributed by atoms with E-state index in [1.54, 1.807) is 33.5 Å². The molecule has 0 saturated heterocycles. The van der Waals surface area contributed by atoms with E-state index in [2.05, 4.69) is 5.16 Å². The highest BCUT2D eigenvalue weighted by atomic mass is 16.6. The zero-order valence-electron chi connectivity index (χ0n) is 16.5. The molecule has 1 aliphatic rings. The molecule has 1 N–H and O–H groups in total. The molecular weight excluding hydrogens is 350 g/mol. The Morgan fingerprint density at radius 3 is 2.19 bits per heavy atom. The molecule has 0 saturated carbocycles. The predicted molar refractivity (Wildman–Crippen MR) is 102 cm³/mol. The zero-order valence-corrected chi connectivity index (χ0v) is 16.5. The first-order valence-corrected chi connectivity index (χ1v) is 8.94. The summed E-state index contributed by atoms with van der Waals surface area (Å²) in [7, 11) is 4.66. The van der Waals surface area contributed by atoms with Gasteiger partial charge in [0.1, 0.15) is 29.6 Å². The van der Waals surface area contributed by atoms with Crippen LogP contribution in [-0.4, -0.2) is 44.5 Å². The minimum absolute atomic E-state index is 0.0106. The smallest absolute Gasteiger partial charge is 0.168 e. The number of methoxy groups -OCH3 is 3. The number of carbonyl (C=O) groups excluding carboxylic acids is 1. The topological polar surface area (TPSA) is 86.6 Å². The van der Waals surface area contributed by atoms with Crippen molar-refractivity contribution in [2.45, 2.75) is 39.0 Å². The van der Waals surface area contributed by atoms with Crippen LogP contribution in [0.1, 0.15) is 44.6 Å². The van der Waals surface area contributed by atoms with E-state index in [1.165, 1.54) is 0 Å². The Hall–Kier alpha value is -2.70. The van der Waals surface area contributed by atoms with Crippen LogP contribution in [0.2, 0.25) is 0 Å². The van der Waals surface area contributed by atoms with Crippen LogP contribution < -0.4 is 14.2 Å². The third-order valence-corrected chi connectivity index (χ3v) is 4.53. The summed E-state index contributed by atoms with van der Waals surface area (Å²) < 4.78 is 16.2. The number of Topliss-reactive ketones (excluding diaryl/α,β-unsaturated/α-hetero) is 1. The Morgan fingerprint density at radius 1 is 1.11 bits per heavy atom. The van der Waals surface area contributed by atoms with Crippen molar-refractivity contribution in [3.8, 4) is 17.2 Å². The molecule has 2 rings (SSSR count). The van der Waals surface area contributed by atoms with Gasteiger partial charge in [-0.15, -0.1) is 0 Å². The Kier molecular flexibility index (Phi) is 7.10. The minimum atomic E-state index is -0.276. The number of nitrogens with zero attached hydrogens (tertiary/aromatic N) is 1. The first-order chi connectivity index (χ1) is 13.0. The number of carbonyl (C=O) groups is 1. The molecule has 7 heteroatoms. The van der Waals surface area contributed by atoms with E-state index in [9.17, 15) is 9.90 Å². The molecule has 27 heavy (non-hydrogen) atoms. The second-order valence-electron chi connectivity index (χ2n) is 6.10. The average molecular weight is 377 g/mol. The lowest BCUT2D eigenvalue weighted by molar-refractivity contribution is -0.116. The molecule has 0 aromatic heterocycles. The molecule has 0 bridgehead atoms. The van der Waals surface area contributed by atoms with Crippen LogP contribution in [0.3, 0.4) is 0 Å². The monoisotopic (exact) mass is 377 g/mol. The molecule has 1 atom stereocenters. The molecule has 148 valence electrons. The molecule has 0 radical (unpaired) electrons. The van der Waals surface area contributed by atoms with Gasteiger partial charge < -0.3 is 24.2 Å². The maximum absolute atomic E-state index is 12.8. The molecule has 0 fully saturated rings. The average Bonchev–Trinajstić information content (AvgIpc) is 2.68. The van der Waals surface area contributed by atoms with E-state index >= 15 is 0 Å². The number of aliphatic hydroxyl groups is 1. The van der Waals surface area contributed by atoms with E-state index in [0.29, 0.717) is 36.0 Å². The van der Waals surface area contributed by atoms with Crippen molar-refractivity contribution in [2.24, 2.45) is 5.16 Å². The summed E-state index contributed by atoms with van der Waals surface area (Å²) in [5, 5.41) is 14.6. The first kappa shape index (κ1) is 20.6. The zero-order chi connectivity index (χ0) is 20.0. The van der Waals surface area contributed by atoms with Gasteiger partial charge in [-0.1, -0.05) is 12.1 Å². The SMILES string of the molecule is CCO/N=C(/CC)C1=C(O)CC(c2c(OC)cc(OC)cc2OC)CC1=O. The molecule has 7 nitrogen and oxygen atoms in total. The van der Waals surface area contributed by atoms with E-state index in [-0.39, 0.29) is 35.9 Å². The largest absolute Gasteiger partial charge is 0.511 e. The van der Waals surface area contributed by atoms with Crippen LogP contribution in [0.5, 0.6) is 17.2 Å². The van der Waals surface area contributed by atoms with Gasteiger partial charge in [0.15, 0.2) is 5.78 Å². The van der Waals surface area contributed by atoms with E-state index in [1.807, 2.05) is 13.8 Å². The highest BCUT2D eigenvalue weighted by Gasteiger charge is 2.34. The lowest BCUT2D eigenvalue weighted by Gasteiger charge is -2.27. The third kappa shape index (κ3) is 4.35. The summed E-state index contributed by atoms with van der Waals surface area (Å²) in [6.07, 6.45) is 0.986. The maximum Gasteiger partial charge on any atom is 0.168 e. The number of rotatable bonds is 8. The van der Waals surface area contributed by atoms with Crippen molar-refractivity contribution in [3.05, 3.63) is 29.0 Å². The highest BCUT2D eigenvalue weighted by molar-refractivity contribution is 6.23. The normalized spacial score (nSPS) is 17.7. The van der Waals surface area contributed by atoms with Crippen LogP contribution in [-0.2, 0) is 9.63 Å². The predicted octanol–water partition coefficient (Wildman–Crippen LogP) is 3.77. The number of hydrogen-bond acceptors (Lipinski definition) is 7. The van der Waals surface area contributed by atoms with Crippen molar-refractivity contribution in [1.82, 2.24) is 0 Å². The molecule has 0 aliphatic heterocycles. The van der Waals surface area contributed by atoms with Gasteiger partial charge in [-0.05, 0) is 13.3 Å². The number of ether oxygens (including phenoxy) is 3. The van der Waals surface area contributed by atoms with E-state index < -0.39 is 0 Å². The van der Waals surface area contributed by atoms with Crippen molar-refractivity contribution in [3.63, 3.8) is 0 Å². The van der Waals surface area contributed by atoms with Crippen LogP contribution >= 0.6 is 0 Å². The van der Waals surface area contributed by atoms with E-state index in [0.717, 1.165) is 5.56 Å². The van der Waals surface area contributed by atoms with Crippen molar-refractivity contribution in [2.75, 3.05) is 27.9 Å². The summed E-state index contributed by atoms with van der Waals surface area (Å²) in [5.41, 5.74) is 1.46. The van der Waals surface area contributed by atoms with Crippen molar-refractivity contribution in [1.29, 1.82) is 0 Å². The van der Waals surface area contributed by atoms with Crippen LogP contribution in [0.25, 0.3) is 0 Å². The quantitative estimate of drug-likeness (QED) is 0.548. The number of allylic oxidation sites excluding steroid dienone is 2. The van der Waals surface area contributed by atoms with Gasteiger partial charge in [0, 0.05) is 36.5 Å². The number of benzene rings is 1. The summed E-state index contributed by atoms with van der Waals surface area (Å²) in [6, 6.07) is 3.49. The second kappa shape index (κ2) is 9.30. The fraction of sp³-hybridized carbons (Fsp3) is 0.500. The Bertz CT molecular complexity index is 728. The summed E-state index contributed by atoms with van der Waals surface area (Å²) in [4.78, 5) is 17.9. The number of oxime groups is 1. The van der Waals surface area contributed by atoms with Crippen molar-refractivity contribution >= 4 is 11.5 Å². The second-order valence-corrected chi connectivity index (χ2v) is 6.10. The first-order valence-electron chi connectivity index (χ1n) is 8.94. The minimum Gasteiger partial charge on any atom is -0.511 e. The van der Waals surface area contributed by atoms with Crippen LogP contribution in [0.4, 0.5) is 0 Å². The third-order valence-electron chi connectivity index (χ3n) is 4.53. The molecule has 1 unspecified atom stereocenters. The van der Waals surface area contributed by atoms with Gasteiger partial charge in [0.2, 0.25) is 0 Å². The Balaban J connectivity index is 2.46. The Morgan fingerprint density at radius 2 is 1.74 bits per heavy atom. The van der Waals surface area contributed by atoms with Gasteiger partial charge in [-0.2, -0.15) is 0 Å². The van der Waals surface area contributed by atoms with E-state index in [4.69, 9.17) is 19.0 Å². The molecule has 1 aromatic carbocycles. The lowest BCUT2D eigenvalue weighted by Crippen LogP contribution is -2.24. The van der Waals surface area contributed by atoms with Gasteiger partial charge in [0.05, 0.1) is 32.6 Å². The maximum atomic E-state index is 12.8. The molecule has 1 aliphatic carbocycles. The highest BCUT2D eigenvalue weighted by Crippen LogP contribution is 2.45. The fourth-order valence-electron chi connectivity index (χ4n) is 3.29. The van der Waals surface area contributed by atoms with Gasteiger partial charge in [-0.25, -0.2) is 0 Å². The molecule has 0 spiro atoms. The molecular formula is C20H27NO6. The van der Waals surface area contributed by atoms with Crippen molar-refractivity contribution < 1.29 is 28.9 Å². The summed E-state index contributed by atoms with van der Waals surface area (Å²) >= 11 is 0. The van der Waals surface area contributed by atoms with Gasteiger partial charge in [-0.3, -0.25) is 4.79 Å². The fourth-order valence-corrected chi connectivity index (χ4v) is 3.29. The van der Waals surface area contributed by atoms with Gasteiger partial charge in [0.25, 0.3) is 0 Å². The number of hydrogen-bond donors (Lipinski definition) is 1. The summed E-state index contributed by atoms with van der Waals surface area (Å²) in [6.45, 7) is 4.08. The van der Waals surface area contributed by atoms with Crippen LogP contribution in [0, 0.1) is 0 Å². The number of aliphatic hydroxyl groups excluding tert-OH is 1.